The van der Waals surface area contributed by atoms with Crippen molar-refractivity contribution in [2.75, 3.05) is 26.9 Å². The minimum absolute atomic E-state index is 0.00262. The molecule has 0 radical (unpaired) electrons. The number of aliphatic hydroxyl groups is 2. The number of nitrogens with one attached hydrogen (secondary N) is 1. The molecule has 0 spiro atoms. The summed E-state index contributed by atoms with van der Waals surface area (Å²) in [7, 11) is 1.74. The van der Waals surface area contributed by atoms with Crippen LogP contribution in [-0.2, 0) is 4.74 Å². The Morgan fingerprint density at radius 2 is 1.94 bits per heavy atom. The third-order valence-electron chi connectivity index (χ3n) is 4.00. The van der Waals surface area contributed by atoms with E-state index in [9.17, 15) is 10.2 Å². The maximum Gasteiger partial charge on any atom is 0.0652 e. The Kier molecular flexibility index (Phi) is 4.35. The van der Waals surface area contributed by atoms with E-state index < -0.39 is 5.41 Å². The SMILES string of the molecule is COC1CC(NCC(C)(CO)CO)C1(C)C. The van der Waals surface area contributed by atoms with Crippen molar-refractivity contribution in [3.63, 3.8) is 0 Å². The van der Waals surface area contributed by atoms with E-state index in [0.29, 0.717) is 18.7 Å². The van der Waals surface area contributed by atoms with Crippen molar-refractivity contribution in [1.82, 2.24) is 5.32 Å². The van der Waals surface area contributed by atoms with Gasteiger partial charge >= 0.3 is 0 Å². The molecule has 0 heterocycles. The van der Waals surface area contributed by atoms with Crippen LogP contribution >= 0.6 is 0 Å². The van der Waals surface area contributed by atoms with Crippen LogP contribution in [0.5, 0.6) is 0 Å². The van der Waals surface area contributed by atoms with E-state index in [2.05, 4.69) is 19.2 Å². The summed E-state index contributed by atoms with van der Waals surface area (Å²) in [6, 6.07) is 0.398. The molecule has 4 nitrogen and oxygen atoms in total. The van der Waals surface area contributed by atoms with Gasteiger partial charge in [0, 0.05) is 30.5 Å². The number of hydrogen-bond donors (Lipinski definition) is 3. The molecule has 2 atom stereocenters. The average molecular weight is 231 g/mol. The summed E-state index contributed by atoms with van der Waals surface area (Å²) >= 11 is 0. The summed E-state index contributed by atoms with van der Waals surface area (Å²) in [4.78, 5) is 0. The normalized spacial score (nSPS) is 28.9. The van der Waals surface area contributed by atoms with E-state index in [1.54, 1.807) is 7.11 Å². The molecule has 1 aliphatic rings. The molecule has 0 aliphatic heterocycles. The van der Waals surface area contributed by atoms with E-state index in [1.165, 1.54) is 0 Å². The Morgan fingerprint density at radius 3 is 2.31 bits per heavy atom. The van der Waals surface area contributed by atoms with Gasteiger partial charge < -0.3 is 20.3 Å². The van der Waals surface area contributed by atoms with Gasteiger partial charge in [0.15, 0.2) is 0 Å². The van der Waals surface area contributed by atoms with Crippen molar-refractivity contribution in [2.24, 2.45) is 10.8 Å². The highest BCUT2D eigenvalue weighted by molar-refractivity contribution is 5.03. The van der Waals surface area contributed by atoms with Crippen molar-refractivity contribution in [3.8, 4) is 0 Å². The van der Waals surface area contributed by atoms with Gasteiger partial charge in [-0.25, -0.2) is 0 Å². The molecule has 0 bridgehead atoms. The van der Waals surface area contributed by atoms with Crippen LogP contribution in [0, 0.1) is 10.8 Å². The van der Waals surface area contributed by atoms with Crippen molar-refractivity contribution < 1.29 is 14.9 Å². The maximum absolute atomic E-state index is 9.19. The topological polar surface area (TPSA) is 61.7 Å². The molecule has 0 amide bonds. The standard InChI is InChI=1S/C12H25NO3/c1-11(2)9(5-10(11)16-4)13-6-12(3,7-14)8-15/h9-10,13-15H,5-8H2,1-4H3. The fourth-order valence-electron chi connectivity index (χ4n) is 2.16. The van der Waals surface area contributed by atoms with Crippen LogP contribution in [0.1, 0.15) is 27.2 Å². The van der Waals surface area contributed by atoms with Crippen LogP contribution in [0.25, 0.3) is 0 Å². The lowest BCUT2D eigenvalue weighted by Crippen LogP contribution is -2.62. The Labute approximate surface area is 98.0 Å². The molecule has 16 heavy (non-hydrogen) atoms. The first-order chi connectivity index (χ1) is 7.39. The van der Waals surface area contributed by atoms with Crippen LogP contribution in [0.4, 0.5) is 0 Å². The molecule has 0 saturated heterocycles. The molecule has 2 unspecified atom stereocenters. The predicted octanol–water partition coefficient (Wildman–Crippen LogP) is 0.380. The van der Waals surface area contributed by atoms with Crippen molar-refractivity contribution >= 4 is 0 Å². The number of ether oxygens (including phenoxy) is 1. The zero-order chi connectivity index (χ0) is 12.4. The van der Waals surface area contributed by atoms with Crippen molar-refractivity contribution in [3.05, 3.63) is 0 Å². The van der Waals surface area contributed by atoms with Crippen molar-refractivity contribution in [1.29, 1.82) is 0 Å². The van der Waals surface area contributed by atoms with E-state index in [0.717, 1.165) is 6.42 Å². The molecule has 4 heteroatoms. The lowest BCUT2D eigenvalue weighted by atomic mass is 9.64. The molecule has 0 aromatic rings. The highest BCUT2D eigenvalue weighted by atomic mass is 16.5. The highest BCUT2D eigenvalue weighted by Crippen LogP contribution is 2.42. The first-order valence-electron chi connectivity index (χ1n) is 5.87. The average Bonchev–Trinajstić information content (AvgIpc) is 2.27. The second-order valence-electron chi connectivity index (χ2n) is 5.84. The molecule has 1 fully saturated rings. The Bertz CT molecular complexity index is 226. The zero-order valence-electron chi connectivity index (χ0n) is 10.8. The fourth-order valence-corrected chi connectivity index (χ4v) is 2.16. The van der Waals surface area contributed by atoms with Gasteiger partial charge in [0.05, 0.1) is 19.3 Å². The van der Waals surface area contributed by atoms with Gasteiger partial charge in [-0.15, -0.1) is 0 Å². The smallest absolute Gasteiger partial charge is 0.0652 e. The largest absolute Gasteiger partial charge is 0.396 e. The third-order valence-corrected chi connectivity index (χ3v) is 4.00. The van der Waals surface area contributed by atoms with Gasteiger partial charge in [-0.3, -0.25) is 0 Å². The highest BCUT2D eigenvalue weighted by Gasteiger charge is 2.48. The minimum Gasteiger partial charge on any atom is -0.396 e. The molecule has 1 saturated carbocycles. The third kappa shape index (κ3) is 2.56. The Hall–Kier alpha value is -0.160. The molecular weight excluding hydrogens is 206 g/mol. The minimum atomic E-state index is -0.436. The quantitative estimate of drug-likeness (QED) is 0.618. The van der Waals surface area contributed by atoms with Crippen LogP contribution in [-0.4, -0.2) is 49.2 Å². The summed E-state index contributed by atoms with van der Waals surface area (Å²) in [5.41, 5.74) is -0.311. The molecule has 0 aromatic carbocycles. The van der Waals surface area contributed by atoms with Crippen LogP contribution in [0.15, 0.2) is 0 Å². The second kappa shape index (κ2) is 5.00. The maximum atomic E-state index is 9.19. The predicted molar refractivity (Wildman–Crippen MR) is 63.3 cm³/mol. The van der Waals surface area contributed by atoms with Gasteiger partial charge in [-0.2, -0.15) is 0 Å². The lowest BCUT2D eigenvalue weighted by molar-refractivity contribution is -0.101. The summed E-state index contributed by atoms with van der Waals surface area (Å²) in [5, 5.41) is 21.8. The summed E-state index contributed by atoms with van der Waals surface area (Å²) in [5.74, 6) is 0. The van der Waals surface area contributed by atoms with E-state index in [1.807, 2.05) is 6.92 Å². The van der Waals surface area contributed by atoms with Crippen LogP contribution in [0.3, 0.4) is 0 Å². The molecule has 1 aliphatic carbocycles. The second-order valence-corrected chi connectivity index (χ2v) is 5.84. The fraction of sp³-hybridized carbons (Fsp3) is 1.00. The monoisotopic (exact) mass is 231 g/mol. The van der Waals surface area contributed by atoms with Gasteiger partial charge in [0.1, 0.15) is 0 Å². The first kappa shape index (κ1) is 13.9. The molecule has 96 valence electrons. The number of aliphatic hydroxyl groups excluding tert-OH is 2. The Morgan fingerprint density at radius 1 is 1.38 bits per heavy atom. The van der Waals surface area contributed by atoms with E-state index >= 15 is 0 Å². The van der Waals surface area contributed by atoms with E-state index in [-0.39, 0.29) is 18.6 Å². The van der Waals surface area contributed by atoms with Gasteiger partial charge in [0.25, 0.3) is 0 Å². The number of methoxy groups -OCH3 is 1. The van der Waals surface area contributed by atoms with Crippen molar-refractivity contribution in [2.45, 2.75) is 39.3 Å². The summed E-state index contributed by atoms with van der Waals surface area (Å²) in [6.45, 7) is 6.85. The molecule has 1 rings (SSSR count). The summed E-state index contributed by atoms with van der Waals surface area (Å²) < 4.78 is 5.38. The van der Waals surface area contributed by atoms with E-state index in [4.69, 9.17) is 4.74 Å². The number of rotatable bonds is 6. The van der Waals surface area contributed by atoms with Crippen LogP contribution in [0.2, 0.25) is 0 Å². The van der Waals surface area contributed by atoms with Gasteiger partial charge in [0.2, 0.25) is 0 Å². The molecule has 3 N–H and O–H groups in total. The number of hydrogen-bond acceptors (Lipinski definition) is 4. The molecular formula is C12H25NO3. The Balaban J connectivity index is 2.41. The van der Waals surface area contributed by atoms with Gasteiger partial charge in [-0.05, 0) is 6.42 Å². The molecule has 0 aromatic heterocycles. The zero-order valence-corrected chi connectivity index (χ0v) is 10.8. The lowest BCUT2D eigenvalue weighted by Gasteiger charge is -2.52. The first-order valence-corrected chi connectivity index (χ1v) is 5.87. The van der Waals surface area contributed by atoms with Crippen LogP contribution < -0.4 is 5.32 Å². The van der Waals surface area contributed by atoms with Gasteiger partial charge in [-0.1, -0.05) is 20.8 Å². The summed E-state index contributed by atoms with van der Waals surface area (Å²) in [6.07, 6.45) is 1.30.